The van der Waals surface area contributed by atoms with Crippen molar-refractivity contribution >= 4 is 15.9 Å². The predicted octanol–water partition coefficient (Wildman–Crippen LogP) is 2.72. The van der Waals surface area contributed by atoms with E-state index in [0.29, 0.717) is 4.47 Å². The van der Waals surface area contributed by atoms with Gasteiger partial charge in [-0.2, -0.15) is 0 Å². The molecule has 0 amide bonds. The zero-order valence-corrected chi connectivity index (χ0v) is 10.6. The van der Waals surface area contributed by atoms with Gasteiger partial charge in [0.15, 0.2) is 0 Å². The van der Waals surface area contributed by atoms with Crippen LogP contribution in [0.5, 0.6) is 0 Å². The standard InChI is InChI=1S/C12H11BrFN3/c13-8-3-9(14)5-10(4-8)17-6-11(16-7-17)12(15)1-2-12/h3-7H,1-2,15H2. The van der Waals surface area contributed by atoms with E-state index in [4.69, 9.17) is 5.73 Å². The van der Waals surface area contributed by atoms with Gasteiger partial charge in [0.25, 0.3) is 0 Å². The molecule has 5 heteroatoms. The molecule has 17 heavy (non-hydrogen) atoms. The van der Waals surface area contributed by atoms with Crippen LogP contribution in [0.15, 0.2) is 35.2 Å². The first-order valence-electron chi connectivity index (χ1n) is 5.37. The van der Waals surface area contributed by atoms with E-state index in [1.807, 2.05) is 12.3 Å². The van der Waals surface area contributed by atoms with Crippen LogP contribution in [0.4, 0.5) is 4.39 Å². The molecule has 1 fully saturated rings. The fraction of sp³-hybridized carbons (Fsp3) is 0.250. The minimum Gasteiger partial charge on any atom is -0.320 e. The molecule has 2 N–H and O–H groups in total. The first kappa shape index (κ1) is 10.9. The van der Waals surface area contributed by atoms with E-state index >= 15 is 0 Å². The van der Waals surface area contributed by atoms with Crippen LogP contribution < -0.4 is 5.73 Å². The normalized spacial score (nSPS) is 17.1. The summed E-state index contributed by atoms with van der Waals surface area (Å²) in [6, 6.07) is 4.73. The highest BCUT2D eigenvalue weighted by Gasteiger charge is 2.42. The summed E-state index contributed by atoms with van der Waals surface area (Å²) in [5, 5.41) is 0. The molecule has 3 nitrogen and oxygen atoms in total. The van der Waals surface area contributed by atoms with Gasteiger partial charge in [0.1, 0.15) is 5.82 Å². The van der Waals surface area contributed by atoms with Gasteiger partial charge in [0.2, 0.25) is 0 Å². The summed E-state index contributed by atoms with van der Waals surface area (Å²) in [6.07, 6.45) is 5.48. The molecule has 0 bridgehead atoms. The van der Waals surface area contributed by atoms with E-state index in [9.17, 15) is 4.39 Å². The van der Waals surface area contributed by atoms with Crippen LogP contribution >= 0.6 is 15.9 Å². The van der Waals surface area contributed by atoms with E-state index in [0.717, 1.165) is 24.2 Å². The quantitative estimate of drug-likeness (QED) is 0.926. The molecule has 1 aliphatic rings. The van der Waals surface area contributed by atoms with E-state index in [2.05, 4.69) is 20.9 Å². The third kappa shape index (κ3) is 2.00. The Morgan fingerprint density at radius 2 is 2.12 bits per heavy atom. The molecule has 0 unspecified atom stereocenters. The van der Waals surface area contributed by atoms with Crippen molar-refractivity contribution in [2.24, 2.45) is 5.73 Å². The van der Waals surface area contributed by atoms with Gasteiger partial charge in [0.05, 0.1) is 23.2 Å². The van der Waals surface area contributed by atoms with Gasteiger partial charge in [-0.15, -0.1) is 0 Å². The lowest BCUT2D eigenvalue weighted by Gasteiger charge is -2.04. The number of aromatic nitrogens is 2. The van der Waals surface area contributed by atoms with Crippen LogP contribution in [0.25, 0.3) is 5.69 Å². The number of hydrogen-bond acceptors (Lipinski definition) is 2. The fourth-order valence-corrected chi connectivity index (χ4v) is 2.25. The van der Waals surface area contributed by atoms with Crippen molar-refractivity contribution in [3.63, 3.8) is 0 Å². The lowest BCUT2D eigenvalue weighted by molar-refractivity contribution is 0.625. The maximum absolute atomic E-state index is 13.3. The molecule has 88 valence electrons. The van der Waals surface area contributed by atoms with Crippen molar-refractivity contribution in [2.45, 2.75) is 18.4 Å². The van der Waals surface area contributed by atoms with Crippen LogP contribution in [-0.2, 0) is 5.54 Å². The van der Waals surface area contributed by atoms with Crippen LogP contribution in [-0.4, -0.2) is 9.55 Å². The van der Waals surface area contributed by atoms with Gasteiger partial charge < -0.3 is 10.3 Å². The largest absolute Gasteiger partial charge is 0.320 e. The SMILES string of the molecule is NC1(c2cn(-c3cc(F)cc(Br)c3)cn2)CC1. The Morgan fingerprint density at radius 3 is 2.76 bits per heavy atom. The molecular formula is C12H11BrFN3. The van der Waals surface area contributed by atoms with Crippen LogP contribution in [0, 0.1) is 5.82 Å². The Morgan fingerprint density at radius 1 is 1.35 bits per heavy atom. The molecule has 0 aliphatic heterocycles. The van der Waals surface area contributed by atoms with Crippen LogP contribution in [0.2, 0.25) is 0 Å². The van der Waals surface area contributed by atoms with Gasteiger partial charge in [-0.25, -0.2) is 9.37 Å². The molecule has 1 aromatic carbocycles. The second kappa shape index (κ2) is 3.65. The van der Waals surface area contributed by atoms with Crippen molar-refractivity contribution in [3.8, 4) is 5.69 Å². The zero-order chi connectivity index (χ0) is 12.0. The summed E-state index contributed by atoms with van der Waals surface area (Å²) >= 11 is 3.27. The van der Waals surface area contributed by atoms with Gasteiger partial charge >= 0.3 is 0 Å². The smallest absolute Gasteiger partial charge is 0.126 e. The topological polar surface area (TPSA) is 43.8 Å². The Kier molecular flexibility index (Phi) is 2.34. The lowest BCUT2D eigenvalue weighted by Crippen LogP contribution is -2.18. The zero-order valence-electron chi connectivity index (χ0n) is 9.03. The molecule has 2 aromatic rings. The molecule has 0 saturated heterocycles. The van der Waals surface area contributed by atoms with E-state index in [1.165, 1.54) is 12.1 Å². The molecule has 1 aromatic heterocycles. The summed E-state index contributed by atoms with van der Waals surface area (Å²) in [4.78, 5) is 4.29. The molecule has 1 aliphatic carbocycles. The minimum atomic E-state index is -0.279. The maximum atomic E-state index is 13.3. The molecule has 0 spiro atoms. The van der Waals surface area contributed by atoms with Gasteiger partial charge in [-0.05, 0) is 31.0 Å². The number of benzene rings is 1. The summed E-state index contributed by atoms with van der Waals surface area (Å²) in [6.45, 7) is 0. The van der Waals surface area contributed by atoms with Crippen molar-refractivity contribution in [2.75, 3.05) is 0 Å². The summed E-state index contributed by atoms with van der Waals surface area (Å²) < 4.78 is 15.8. The number of hydrogen-bond donors (Lipinski definition) is 1. The van der Waals surface area contributed by atoms with E-state index < -0.39 is 0 Å². The highest BCUT2D eigenvalue weighted by molar-refractivity contribution is 9.10. The van der Waals surface area contributed by atoms with Crippen molar-refractivity contribution in [1.29, 1.82) is 0 Å². The third-order valence-electron chi connectivity index (χ3n) is 3.03. The minimum absolute atomic E-state index is 0.254. The molecule has 0 atom stereocenters. The van der Waals surface area contributed by atoms with E-state index in [-0.39, 0.29) is 11.4 Å². The summed E-state index contributed by atoms with van der Waals surface area (Å²) in [5.41, 5.74) is 7.41. The van der Waals surface area contributed by atoms with Gasteiger partial charge in [0, 0.05) is 10.7 Å². The van der Waals surface area contributed by atoms with Crippen molar-refractivity contribution < 1.29 is 4.39 Å². The second-order valence-electron chi connectivity index (χ2n) is 4.45. The number of rotatable bonds is 2. The Bertz CT molecular complexity index is 555. The highest BCUT2D eigenvalue weighted by atomic mass is 79.9. The maximum Gasteiger partial charge on any atom is 0.126 e. The molecule has 1 saturated carbocycles. The Labute approximate surface area is 107 Å². The molecule has 0 radical (unpaired) electrons. The average molecular weight is 296 g/mol. The highest BCUT2D eigenvalue weighted by Crippen LogP contribution is 2.41. The summed E-state index contributed by atoms with van der Waals surface area (Å²) in [5.74, 6) is -0.279. The van der Waals surface area contributed by atoms with Crippen molar-refractivity contribution in [1.82, 2.24) is 9.55 Å². The van der Waals surface area contributed by atoms with Crippen LogP contribution in [0.3, 0.4) is 0 Å². The molecule has 3 rings (SSSR count). The molecular weight excluding hydrogens is 285 g/mol. The van der Waals surface area contributed by atoms with Crippen LogP contribution in [0.1, 0.15) is 18.5 Å². The Hall–Kier alpha value is -1.20. The Balaban J connectivity index is 2.00. The predicted molar refractivity (Wildman–Crippen MR) is 66.3 cm³/mol. The number of nitrogens with zero attached hydrogens (tertiary/aromatic N) is 2. The van der Waals surface area contributed by atoms with Gasteiger partial charge in [-0.1, -0.05) is 15.9 Å². The van der Waals surface area contributed by atoms with Gasteiger partial charge in [-0.3, -0.25) is 0 Å². The monoisotopic (exact) mass is 295 g/mol. The van der Waals surface area contributed by atoms with E-state index in [1.54, 1.807) is 10.9 Å². The fourth-order valence-electron chi connectivity index (χ4n) is 1.80. The first-order chi connectivity index (χ1) is 8.07. The number of nitrogens with two attached hydrogens (primary N) is 1. The van der Waals surface area contributed by atoms with Crippen molar-refractivity contribution in [3.05, 3.63) is 46.7 Å². The lowest BCUT2D eigenvalue weighted by atomic mass is 10.2. The third-order valence-corrected chi connectivity index (χ3v) is 3.48. The number of halogens is 2. The number of imidazole rings is 1. The second-order valence-corrected chi connectivity index (χ2v) is 5.37. The molecule has 1 heterocycles. The average Bonchev–Trinajstić information content (AvgIpc) is 2.82. The summed E-state index contributed by atoms with van der Waals surface area (Å²) in [7, 11) is 0. The first-order valence-corrected chi connectivity index (χ1v) is 6.16.